The van der Waals surface area contributed by atoms with E-state index >= 15 is 0 Å². The van der Waals surface area contributed by atoms with Crippen molar-refractivity contribution in [2.45, 2.75) is 83.9 Å². The molecule has 4 heterocycles. The van der Waals surface area contributed by atoms with Gasteiger partial charge in [0.2, 0.25) is 5.91 Å². The number of fused-ring (bicyclic) bond motifs is 1. The lowest BCUT2D eigenvalue weighted by Gasteiger charge is -2.47. The predicted molar refractivity (Wildman–Crippen MR) is 221 cm³/mol. The molecular formula is C42H57ClN6O7S. The maximum atomic E-state index is 13.3. The van der Waals surface area contributed by atoms with Crippen molar-refractivity contribution in [3.63, 3.8) is 0 Å². The van der Waals surface area contributed by atoms with E-state index in [1.54, 1.807) is 23.5 Å². The van der Waals surface area contributed by atoms with Crippen LogP contribution in [0.4, 0.5) is 5.69 Å². The van der Waals surface area contributed by atoms with E-state index in [9.17, 15) is 19.5 Å². The zero-order valence-electron chi connectivity index (χ0n) is 33.4. The number of amides is 3. The SMILES string of the molecule is CCc1nc(C(=O)N2CCOC3(CCN(Cc4cccc(CCOCCC(=O)N(CCNCCc5ccc(O)c6c5OCC(=O)N6)C(C)CC)c4Cl)CC3)C2)cs1. The number of aryl methyl sites for hydroxylation is 1. The number of anilines is 1. The number of piperidine rings is 1. The zero-order valence-corrected chi connectivity index (χ0v) is 35.0. The summed E-state index contributed by atoms with van der Waals surface area (Å²) >= 11 is 8.49. The molecule has 3 aliphatic rings. The third-order valence-electron chi connectivity index (χ3n) is 11.3. The quantitative estimate of drug-likeness (QED) is 0.114. The second-order valence-corrected chi connectivity index (χ2v) is 16.5. The van der Waals surface area contributed by atoms with Crippen LogP contribution in [0.2, 0.25) is 5.02 Å². The van der Waals surface area contributed by atoms with Crippen LogP contribution in [-0.2, 0) is 44.9 Å². The number of hydrogen-bond acceptors (Lipinski definition) is 11. The number of likely N-dealkylation sites (tertiary alicyclic amines) is 1. The summed E-state index contributed by atoms with van der Waals surface area (Å²) in [6.45, 7) is 13.0. The highest BCUT2D eigenvalue weighted by Gasteiger charge is 2.41. The Hall–Kier alpha value is -3.79. The number of halogens is 1. The fourth-order valence-corrected chi connectivity index (χ4v) is 8.72. The number of morpholine rings is 1. The molecule has 13 nitrogen and oxygen atoms in total. The highest BCUT2D eigenvalue weighted by Crippen LogP contribution is 2.39. The number of ether oxygens (including phenoxy) is 3. The van der Waals surface area contributed by atoms with Crippen molar-refractivity contribution in [1.29, 1.82) is 0 Å². The lowest BCUT2D eigenvalue weighted by Crippen LogP contribution is -2.58. The average molecular weight is 825 g/mol. The van der Waals surface area contributed by atoms with Gasteiger partial charge in [-0.2, -0.15) is 0 Å². The molecule has 1 spiro atoms. The first-order valence-corrected chi connectivity index (χ1v) is 21.6. The number of aromatic hydroxyl groups is 1. The molecule has 310 valence electrons. The number of phenolic OH excluding ortho intramolecular Hbond substituents is 1. The molecule has 2 aromatic carbocycles. The molecule has 57 heavy (non-hydrogen) atoms. The monoisotopic (exact) mass is 824 g/mol. The van der Waals surface area contributed by atoms with Gasteiger partial charge in [-0.15, -0.1) is 11.3 Å². The summed E-state index contributed by atoms with van der Waals surface area (Å²) in [6.07, 6.45) is 4.98. The molecule has 1 atom stereocenters. The molecule has 3 N–H and O–H groups in total. The minimum Gasteiger partial charge on any atom is -0.506 e. The van der Waals surface area contributed by atoms with E-state index in [1.165, 1.54) is 0 Å². The van der Waals surface area contributed by atoms with Crippen LogP contribution in [0.1, 0.15) is 78.6 Å². The summed E-state index contributed by atoms with van der Waals surface area (Å²) in [5.74, 6) is 0.261. The number of rotatable bonds is 18. The summed E-state index contributed by atoms with van der Waals surface area (Å²) in [4.78, 5) is 48.9. The van der Waals surface area contributed by atoms with Gasteiger partial charge in [0, 0.05) is 55.7 Å². The highest BCUT2D eigenvalue weighted by atomic mass is 35.5. The molecule has 0 aliphatic carbocycles. The van der Waals surface area contributed by atoms with Crippen molar-refractivity contribution < 1.29 is 33.7 Å². The Labute approximate surface area is 345 Å². The molecule has 1 unspecified atom stereocenters. The Bertz CT molecular complexity index is 1850. The second kappa shape index (κ2) is 20.3. The standard InChI is InChI=1S/C42H57ClN6O7S/c1-4-29(3)49(20-17-44-16-11-31-9-10-34(50)39-40(31)55-26-35(51)46-39)37(52)13-23-54-22-12-30-7-6-8-32(38(30)43)25-47-18-14-42(15-19-47)28-48(21-24-56-42)41(53)33-27-57-36(5-2)45-33/h6-10,27,29,44,50H,4-5,11-26,28H2,1-3H3,(H,46,51). The van der Waals surface area contributed by atoms with Crippen LogP contribution < -0.4 is 15.4 Å². The van der Waals surface area contributed by atoms with Crippen LogP contribution in [0.3, 0.4) is 0 Å². The number of aromatic nitrogens is 1. The lowest BCUT2D eigenvalue weighted by molar-refractivity contribution is -0.134. The number of hydrogen-bond donors (Lipinski definition) is 3. The van der Waals surface area contributed by atoms with Crippen molar-refractivity contribution in [2.24, 2.45) is 0 Å². The smallest absolute Gasteiger partial charge is 0.273 e. The second-order valence-electron chi connectivity index (χ2n) is 15.1. The lowest BCUT2D eigenvalue weighted by atomic mass is 9.89. The summed E-state index contributed by atoms with van der Waals surface area (Å²) in [5.41, 5.74) is 3.54. The van der Waals surface area contributed by atoms with E-state index in [0.717, 1.165) is 72.0 Å². The number of nitrogens with zero attached hydrogens (tertiary/aromatic N) is 4. The molecule has 0 radical (unpaired) electrons. The number of carbonyl (C=O) groups is 3. The van der Waals surface area contributed by atoms with Crippen LogP contribution in [0.25, 0.3) is 0 Å². The van der Waals surface area contributed by atoms with Crippen LogP contribution in [-0.4, -0.2) is 126 Å². The molecule has 0 saturated carbocycles. The van der Waals surface area contributed by atoms with Crippen molar-refractivity contribution in [3.05, 3.63) is 68.1 Å². The van der Waals surface area contributed by atoms with Gasteiger partial charge in [-0.05, 0) is 74.8 Å². The molecule has 15 heteroatoms. The number of thiazole rings is 1. The van der Waals surface area contributed by atoms with E-state index in [0.29, 0.717) is 88.9 Å². The van der Waals surface area contributed by atoms with Crippen molar-refractivity contribution in [3.8, 4) is 11.5 Å². The number of phenols is 1. The number of nitrogens with one attached hydrogen (secondary N) is 2. The van der Waals surface area contributed by atoms with Gasteiger partial charge in [0.05, 0.1) is 43.4 Å². The van der Waals surface area contributed by atoms with E-state index in [1.807, 2.05) is 27.3 Å². The van der Waals surface area contributed by atoms with Gasteiger partial charge >= 0.3 is 0 Å². The Balaban J connectivity index is 0.896. The van der Waals surface area contributed by atoms with E-state index in [2.05, 4.69) is 47.4 Å². The van der Waals surface area contributed by atoms with Crippen LogP contribution in [0.15, 0.2) is 35.7 Å². The van der Waals surface area contributed by atoms with Crippen LogP contribution in [0.5, 0.6) is 11.5 Å². The largest absolute Gasteiger partial charge is 0.506 e. The van der Waals surface area contributed by atoms with Gasteiger partial charge in [-0.25, -0.2) is 4.98 Å². The van der Waals surface area contributed by atoms with Crippen molar-refractivity contribution >= 4 is 46.3 Å². The van der Waals surface area contributed by atoms with Crippen molar-refractivity contribution in [1.82, 2.24) is 25.0 Å². The first-order chi connectivity index (χ1) is 27.6. The number of benzene rings is 2. The maximum Gasteiger partial charge on any atom is 0.273 e. The van der Waals surface area contributed by atoms with Gasteiger partial charge in [-0.3, -0.25) is 19.3 Å². The summed E-state index contributed by atoms with van der Waals surface area (Å²) in [6, 6.07) is 9.63. The first-order valence-electron chi connectivity index (χ1n) is 20.3. The zero-order chi connectivity index (χ0) is 40.4. The van der Waals surface area contributed by atoms with Gasteiger partial charge < -0.3 is 39.8 Å². The topological polar surface area (TPSA) is 146 Å². The summed E-state index contributed by atoms with van der Waals surface area (Å²) < 4.78 is 17.9. The summed E-state index contributed by atoms with van der Waals surface area (Å²) in [7, 11) is 0. The normalized spacial score (nSPS) is 17.2. The van der Waals surface area contributed by atoms with Gasteiger partial charge in [0.25, 0.3) is 11.8 Å². The fraction of sp³-hybridized carbons (Fsp3) is 0.571. The molecule has 3 amide bonds. The fourth-order valence-electron chi connectivity index (χ4n) is 7.72. The van der Waals surface area contributed by atoms with Crippen LogP contribution in [0, 0.1) is 0 Å². The highest BCUT2D eigenvalue weighted by molar-refractivity contribution is 7.09. The Morgan fingerprint density at radius 1 is 1.11 bits per heavy atom. The van der Waals surface area contributed by atoms with Crippen molar-refractivity contribution in [2.75, 3.05) is 77.6 Å². The molecule has 2 saturated heterocycles. The molecular weight excluding hydrogens is 768 g/mol. The molecule has 2 fully saturated rings. The Morgan fingerprint density at radius 2 is 1.91 bits per heavy atom. The molecule has 6 rings (SSSR count). The molecule has 3 aromatic rings. The molecule has 3 aliphatic heterocycles. The predicted octanol–water partition coefficient (Wildman–Crippen LogP) is 5.31. The molecule has 0 bridgehead atoms. The van der Waals surface area contributed by atoms with Gasteiger partial charge in [0.1, 0.15) is 17.1 Å². The minimum atomic E-state index is -0.324. The van der Waals surface area contributed by atoms with Gasteiger partial charge in [0.15, 0.2) is 12.4 Å². The van der Waals surface area contributed by atoms with Crippen LogP contribution >= 0.6 is 22.9 Å². The minimum absolute atomic E-state index is 0.00133. The number of carbonyl (C=O) groups excluding carboxylic acids is 3. The molecule has 1 aromatic heterocycles. The van der Waals surface area contributed by atoms with Gasteiger partial charge in [-0.1, -0.05) is 49.7 Å². The Morgan fingerprint density at radius 3 is 2.68 bits per heavy atom. The maximum absolute atomic E-state index is 13.3. The average Bonchev–Trinajstić information content (AvgIpc) is 3.71. The van der Waals surface area contributed by atoms with E-state index < -0.39 is 0 Å². The van der Waals surface area contributed by atoms with E-state index in [4.69, 9.17) is 25.8 Å². The summed E-state index contributed by atoms with van der Waals surface area (Å²) in [5, 5.41) is 19.8. The van der Waals surface area contributed by atoms with E-state index in [-0.39, 0.29) is 41.7 Å². The third-order valence-corrected chi connectivity index (χ3v) is 12.8. The third kappa shape index (κ3) is 11.0. The first kappa shape index (κ1) is 42.8. The Kier molecular flexibility index (Phi) is 15.2.